The molecule has 0 unspecified atom stereocenters. The van der Waals surface area contributed by atoms with Crippen molar-refractivity contribution >= 4 is 34.1 Å². The van der Waals surface area contributed by atoms with Gasteiger partial charge in [-0.15, -0.1) is 10.2 Å². The first-order valence-electron chi connectivity index (χ1n) is 5.34. The smallest absolute Gasteiger partial charge is 0.236 e. The van der Waals surface area contributed by atoms with Crippen LogP contribution >= 0.6 is 23.1 Å². The van der Waals surface area contributed by atoms with Crippen LogP contribution < -0.4 is 5.73 Å². The Bertz CT molecular complexity index is 443. The number of nitrogens with two attached hydrogens (primary N) is 1. The zero-order valence-electron chi connectivity index (χ0n) is 9.55. The van der Waals surface area contributed by atoms with E-state index in [0.29, 0.717) is 10.9 Å². The van der Waals surface area contributed by atoms with Crippen LogP contribution in [-0.4, -0.2) is 33.8 Å². The first-order valence-corrected chi connectivity index (χ1v) is 7.14. The van der Waals surface area contributed by atoms with Crippen molar-refractivity contribution in [2.75, 3.05) is 18.5 Å². The van der Waals surface area contributed by atoms with Gasteiger partial charge in [0.15, 0.2) is 4.34 Å². The number of aromatic nitrogens is 2. The summed E-state index contributed by atoms with van der Waals surface area (Å²) in [5.74, 6) is 0.472. The Hall–Kier alpha value is -1.08. The lowest BCUT2D eigenvalue weighted by Crippen LogP contribution is -2.26. The lowest BCUT2D eigenvalue weighted by molar-refractivity contribution is -0.125. The molecule has 0 saturated heterocycles. The Morgan fingerprint density at radius 3 is 3.06 bits per heavy atom. The van der Waals surface area contributed by atoms with Crippen molar-refractivity contribution in [3.8, 4) is 0 Å². The van der Waals surface area contributed by atoms with Crippen LogP contribution in [0.3, 0.4) is 0 Å². The topological polar surface area (TPSA) is 72.1 Å². The summed E-state index contributed by atoms with van der Waals surface area (Å²) in [5.41, 5.74) is 6.60. The molecule has 2 rings (SSSR count). The molecule has 1 amide bonds. The standard InChI is InChI=1S/C10H14N4OS2/c1-14(7-4-2-3-5-7)8(15)6-16-10-13-12-9(11)17-10/h4H,2-3,5-6H2,1H3,(H2,11,12). The normalized spacial score (nSPS) is 14.8. The Labute approximate surface area is 108 Å². The fourth-order valence-electron chi connectivity index (χ4n) is 1.62. The molecule has 1 aromatic heterocycles. The molecule has 5 nitrogen and oxygen atoms in total. The van der Waals surface area contributed by atoms with E-state index in [1.54, 1.807) is 4.90 Å². The number of hydrogen-bond acceptors (Lipinski definition) is 6. The minimum Gasteiger partial charge on any atom is -0.374 e. The van der Waals surface area contributed by atoms with E-state index in [-0.39, 0.29) is 5.91 Å². The van der Waals surface area contributed by atoms with Gasteiger partial charge in [0.2, 0.25) is 11.0 Å². The number of thioether (sulfide) groups is 1. The van der Waals surface area contributed by atoms with E-state index in [9.17, 15) is 4.79 Å². The monoisotopic (exact) mass is 270 g/mol. The van der Waals surface area contributed by atoms with Gasteiger partial charge in [-0.05, 0) is 19.3 Å². The summed E-state index contributed by atoms with van der Waals surface area (Å²) >= 11 is 2.69. The molecule has 2 N–H and O–H groups in total. The summed E-state index contributed by atoms with van der Waals surface area (Å²) in [6.07, 6.45) is 5.35. The molecule has 7 heteroatoms. The van der Waals surface area contributed by atoms with Crippen LogP contribution in [0.1, 0.15) is 19.3 Å². The number of nitrogen functional groups attached to an aromatic ring is 1. The minimum absolute atomic E-state index is 0.0944. The van der Waals surface area contributed by atoms with Crippen LogP contribution in [-0.2, 0) is 4.79 Å². The molecule has 92 valence electrons. The van der Waals surface area contributed by atoms with Crippen molar-refractivity contribution in [1.29, 1.82) is 0 Å². The van der Waals surface area contributed by atoms with Gasteiger partial charge in [0.1, 0.15) is 0 Å². The van der Waals surface area contributed by atoms with Crippen LogP contribution in [0.2, 0.25) is 0 Å². The van der Waals surface area contributed by atoms with E-state index in [2.05, 4.69) is 16.3 Å². The highest BCUT2D eigenvalue weighted by Crippen LogP contribution is 2.25. The van der Waals surface area contributed by atoms with E-state index in [4.69, 9.17) is 5.73 Å². The average molecular weight is 270 g/mol. The third-order valence-corrected chi connectivity index (χ3v) is 4.43. The molecular formula is C10H14N4OS2. The second kappa shape index (κ2) is 5.50. The van der Waals surface area contributed by atoms with Gasteiger partial charge in [-0.2, -0.15) is 0 Å². The molecule has 1 heterocycles. The summed E-state index contributed by atoms with van der Waals surface area (Å²) in [7, 11) is 1.83. The summed E-state index contributed by atoms with van der Waals surface area (Å²) in [6.45, 7) is 0. The second-order valence-electron chi connectivity index (χ2n) is 3.74. The van der Waals surface area contributed by atoms with Crippen LogP contribution in [0.15, 0.2) is 16.1 Å². The Kier molecular flexibility index (Phi) is 4.01. The maximum Gasteiger partial charge on any atom is 0.236 e. The first-order chi connectivity index (χ1) is 8.16. The predicted molar refractivity (Wildman–Crippen MR) is 69.7 cm³/mol. The zero-order chi connectivity index (χ0) is 12.3. The highest BCUT2D eigenvalue weighted by Gasteiger charge is 2.16. The molecule has 1 aliphatic rings. The van der Waals surface area contributed by atoms with Gasteiger partial charge in [-0.25, -0.2) is 0 Å². The van der Waals surface area contributed by atoms with Gasteiger partial charge in [0.25, 0.3) is 0 Å². The molecule has 0 saturated carbocycles. The third-order valence-electron chi connectivity index (χ3n) is 2.56. The minimum atomic E-state index is 0.0944. The van der Waals surface area contributed by atoms with Gasteiger partial charge in [0, 0.05) is 12.7 Å². The molecule has 17 heavy (non-hydrogen) atoms. The number of hydrogen-bond donors (Lipinski definition) is 1. The molecule has 0 bridgehead atoms. The van der Waals surface area contributed by atoms with E-state index >= 15 is 0 Å². The lowest BCUT2D eigenvalue weighted by Gasteiger charge is -2.17. The van der Waals surface area contributed by atoms with Crippen LogP contribution in [0, 0.1) is 0 Å². The molecule has 0 aromatic carbocycles. The van der Waals surface area contributed by atoms with E-state index in [0.717, 1.165) is 29.3 Å². The molecule has 0 atom stereocenters. The Morgan fingerprint density at radius 2 is 2.47 bits per heavy atom. The zero-order valence-corrected chi connectivity index (χ0v) is 11.2. The van der Waals surface area contributed by atoms with Crippen molar-refractivity contribution in [3.05, 3.63) is 11.8 Å². The van der Waals surface area contributed by atoms with Crippen LogP contribution in [0.4, 0.5) is 5.13 Å². The van der Waals surface area contributed by atoms with E-state index in [1.165, 1.54) is 23.1 Å². The number of carbonyl (C=O) groups excluding carboxylic acids is 1. The number of carbonyl (C=O) groups is 1. The number of allylic oxidation sites excluding steroid dienone is 2. The summed E-state index contributed by atoms with van der Waals surface area (Å²) in [6, 6.07) is 0. The molecular weight excluding hydrogens is 256 g/mol. The Balaban J connectivity index is 1.84. The van der Waals surface area contributed by atoms with Gasteiger partial charge in [0.05, 0.1) is 5.75 Å². The average Bonchev–Trinajstić information content (AvgIpc) is 2.95. The number of anilines is 1. The van der Waals surface area contributed by atoms with Gasteiger partial charge in [-0.1, -0.05) is 29.2 Å². The van der Waals surface area contributed by atoms with Gasteiger partial charge in [-0.3, -0.25) is 4.79 Å². The quantitative estimate of drug-likeness (QED) is 0.844. The second-order valence-corrected chi connectivity index (χ2v) is 5.97. The van der Waals surface area contributed by atoms with Crippen LogP contribution in [0.25, 0.3) is 0 Å². The molecule has 0 fully saturated rings. The first kappa shape index (κ1) is 12.4. The van der Waals surface area contributed by atoms with Crippen molar-refractivity contribution in [2.24, 2.45) is 0 Å². The third kappa shape index (κ3) is 3.19. The fourth-order valence-corrected chi connectivity index (χ4v) is 3.17. The SMILES string of the molecule is CN(C(=O)CSc1nnc(N)s1)C1=CCCC1. The predicted octanol–water partition coefficient (Wildman–Crippen LogP) is 1.74. The van der Waals surface area contributed by atoms with E-state index < -0.39 is 0 Å². The largest absolute Gasteiger partial charge is 0.374 e. The summed E-state index contributed by atoms with van der Waals surface area (Å²) in [4.78, 5) is 13.6. The van der Waals surface area contributed by atoms with Gasteiger partial charge < -0.3 is 10.6 Å². The van der Waals surface area contributed by atoms with Gasteiger partial charge >= 0.3 is 0 Å². The molecule has 0 radical (unpaired) electrons. The molecule has 1 aliphatic carbocycles. The molecule has 0 spiro atoms. The molecule has 0 aliphatic heterocycles. The van der Waals surface area contributed by atoms with E-state index in [1.807, 2.05) is 7.05 Å². The summed E-state index contributed by atoms with van der Waals surface area (Å²) in [5, 5.41) is 8.01. The Morgan fingerprint density at radius 1 is 1.65 bits per heavy atom. The number of rotatable bonds is 4. The summed E-state index contributed by atoms with van der Waals surface area (Å²) < 4.78 is 0.740. The van der Waals surface area contributed by atoms with Crippen molar-refractivity contribution in [1.82, 2.24) is 15.1 Å². The van der Waals surface area contributed by atoms with Crippen molar-refractivity contribution in [2.45, 2.75) is 23.6 Å². The van der Waals surface area contributed by atoms with Crippen LogP contribution in [0.5, 0.6) is 0 Å². The fraction of sp³-hybridized carbons (Fsp3) is 0.500. The van der Waals surface area contributed by atoms with Crippen molar-refractivity contribution < 1.29 is 4.79 Å². The maximum absolute atomic E-state index is 11.9. The maximum atomic E-state index is 11.9. The number of nitrogens with zero attached hydrogens (tertiary/aromatic N) is 3. The molecule has 1 aromatic rings. The highest BCUT2D eigenvalue weighted by atomic mass is 32.2. The highest BCUT2D eigenvalue weighted by molar-refractivity contribution is 8.01. The lowest BCUT2D eigenvalue weighted by atomic mass is 10.3. The number of amides is 1. The van der Waals surface area contributed by atoms with Crippen molar-refractivity contribution in [3.63, 3.8) is 0 Å².